The predicted octanol–water partition coefficient (Wildman–Crippen LogP) is 1.61. The van der Waals surface area contributed by atoms with Crippen LogP contribution >= 0.6 is 0 Å². The lowest BCUT2D eigenvalue weighted by molar-refractivity contribution is 0.0907. The first-order chi connectivity index (χ1) is 9.24. The third-order valence-electron chi connectivity index (χ3n) is 3.12. The molecule has 1 amide bonds. The number of aliphatic hydroxyl groups excluding tert-OH is 1. The molecule has 1 saturated carbocycles. The smallest absolute Gasteiger partial charge is 0.273 e. The summed E-state index contributed by atoms with van der Waals surface area (Å²) in [7, 11) is 0. The molecule has 2 aromatic heterocycles. The van der Waals surface area contributed by atoms with Gasteiger partial charge in [0.15, 0.2) is 5.69 Å². The van der Waals surface area contributed by atoms with Gasteiger partial charge in [0, 0.05) is 24.1 Å². The molecule has 1 unspecified atom stereocenters. The first-order valence-corrected chi connectivity index (χ1v) is 6.19. The fraction of sp³-hybridized carbons (Fsp3) is 0.385. The van der Waals surface area contributed by atoms with Gasteiger partial charge in [0.05, 0.1) is 18.6 Å². The molecule has 2 N–H and O–H groups in total. The second-order valence-corrected chi connectivity index (χ2v) is 4.67. The maximum absolute atomic E-state index is 11.8. The number of carbonyl (C=O) groups is 1. The monoisotopic (exact) mass is 262 g/mol. The summed E-state index contributed by atoms with van der Waals surface area (Å²) in [6.07, 6.45) is 4.31. The van der Waals surface area contributed by atoms with Crippen LogP contribution in [0.15, 0.2) is 33.6 Å². The molecule has 100 valence electrons. The van der Waals surface area contributed by atoms with Crippen molar-refractivity contribution in [2.75, 3.05) is 6.54 Å². The fourth-order valence-electron chi connectivity index (χ4n) is 1.82. The van der Waals surface area contributed by atoms with Crippen molar-refractivity contribution < 1.29 is 18.8 Å². The van der Waals surface area contributed by atoms with Gasteiger partial charge >= 0.3 is 0 Å². The minimum atomic E-state index is -0.794. The summed E-state index contributed by atoms with van der Waals surface area (Å²) in [5, 5.41) is 16.1. The molecule has 1 aliphatic rings. The zero-order valence-electron chi connectivity index (χ0n) is 10.2. The average molecular weight is 262 g/mol. The summed E-state index contributed by atoms with van der Waals surface area (Å²) in [4.78, 5) is 11.8. The highest BCUT2D eigenvalue weighted by Crippen LogP contribution is 2.40. The number of hydrogen-bond donors (Lipinski definition) is 2. The first-order valence-electron chi connectivity index (χ1n) is 6.19. The summed E-state index contributed by atoms with van der Waals surface area (Å²) in [5.41, 5.74) is 0.875. The summed E-state index contributed by atoms with van der Waals surface area (Å²) in [6.45, 7) is 0.101. The van der Waals surface area contributed by atoms with Gasteiger partial charge in [0.25, 0.3) is 5.91 Å². The SMILES string of the molecule is O=C(NCC(O)c1ccoc1)c1cc(C2CC2)on1. The van der Waals surface area contributed by atoms with E-state index in [9.17, 15) is 9.90 Å². The molecule has 2 heterocycles. The summed E-state index contributed by atoms with van der Waals surface area (Å²) >= 11 is 0. The van der Waals surface area contributed by atoms with Gasteiger partial charge in [0.2, 0.25) is 0 Å². The van der Waals surface area contributed by atoms with Crippen molar-refractivity contribution in [2.45, 2.75) is 24.9 Å². The molecule has 6 nitrogen and oxygen atoms in total. The predicted molar refractivity (Wildman–Crippen MR) is 64.5 cm³/mol. The minimum Gasteiger partial charge on any atom is -0.472 e. The van der Waals surface area contributed by atoms with Crippen LogP contribution in [-0.2, 0) is 0 Å². The third kappa shape index (κ3) is 2.68. The van der Waals surface area contributed by atoms with Gasteiger partial charge in [0.1, 0.15) is 5.76 Å². The lowest BCUT2D eigenvalue weighted by Crippen LogP contribution is -2.28. The van der Waals surface area contributed by atoms with Crippen molar-refractivity contribution in [1.29, 1.82) is 0 Å². The standard InChI is InChI=1S/C13H14N2O4/c16-11(9-3-4-18-7-9)6-14-13(17)10-5-12(19-15-10)8-1-2-8/h3-5,7-8,11,16H,1-2,6H2,(H,14,17). The molecule has 0 bridgehead atoms. The van der Waals surface area contributed by atoms with E-state index < -0.39 is 6.10 Å². The van der Waals surface area contributed by atoms with E-state index in [1.165, 1.54) is 12.5 Å². The first kappa shape index (κ1) is 12.0. The molecule has 3 rings (SSSR count). The zero-order valence-corrected chi connectivity index (χ0v) is 10.2. The van der Waals surface area contributed by atoms with Crippen molar-refractivity contribution >= 4 is 5.91 Å². The highest BCUT2D eigenvalue weighted by Gasteiger charge is 2.28. The van der Waals surface area contributed by atoms with E-state index in [0.29, 0.717) is 11.5 Å². The molecule has 2 aromatic rings. The van der Waals surface area contributed by atoms with Crippen molar-refractivity contribution in [1.82, 2.24) is 10.5 Å². The van der Waals surface area contributed by atoms with Gasteiger partial charge in [-0.15, -0.1) is 0 Å². The number of amides is 1. The van der Waals surface area contributed by atoms with E-state index in [1.807, 2.05) is 0 Å². The van der Waals surface area contributed by atoms with Gasteiger partial charge in [-0.1, -0.05) is 5.16 Å². The number of rotatable bonds is 5. The minimum absolute atomic E-state index is 0.101. The number of aromatic nitrogens is 1. The molecule has 1 aliphatic carbocycles. The van der Waals surface area contributed by atoms with Crippen LogP contribution in [0.1, 0.15) is 46.7 Å². The van der Waals surface area contributed by atoms with Gasteiger partial charge in [-0.25, -0.2) is 0 Å². The molecule has 1 fully saturated rings. The van der Waals surface area contributed by atoms with Gasteiger partial charge in [-0.2, -0.15) is 0 Å². The summed E-state index contributed by atoms with van der Waals surface area (Å²) < 4.78 is 9.96. The number of nitrogens with one attached hydrogen (secondary N) is 1. The van der Waals surface area contributed by atoms with Crippen LogP contribution in [0.3, 0.4) is 0 Å². The molecule has 0 aliphatic heterocycles. The van der Waals surface area contributed by atoms with E-state index in [0.717, 1.165) is 18.6 Å². The molecule has 6 heteroatoms. The van der Waals surface area contributed by atoms with E-state index >= 15 is 0 Å². The van der Waals surface area contributed by atoms with E-state index in [2.05, 4.69) is 10.5 Å². The van der Waals surface area contributed by atoms with Crippen molar-refractivity contribution in [2.24, 2.45) is 0 Å². The quantitative estimate of drug-likeness (QED) is 0.854. The van der Waals surface area contributed by atoms with Gasteiger partial charge in [-0.3, -0.25) is 4.79 Å². The Bertz CT molecular complexity index is 557. The number of furan rings is 1. The molecule has 0 radical (unpaired) electrons. The van der Waals surface area contributed by atoms with Crippen LogP contribution in [-0.4, -0.2) is 22.7 Å². The molecule has 0 aromatic carbocycles. The van der Waals surface area contributed by atoms with Crippen LogP contribution in [0.2, 0.25) is 0 Å². The maximum atomic E-state index is 11.8. The lowest BCUT2D eigenvalue weighted by Gasteiger charge is -2.08. The second kappa shape index (κ2) is 4.89. The normalized spacial score (nSPS) is 16.3. The van der Waals surface area contributed by atoms with E-state index in [1.54, 1.807) is 12.1 Å². The van der Waals surface area contributed by atoms with Gasteiger partial charge < -0.3 is 19.4 Å². The van der Waals surface area contributed by atoms with Crippen LogP contribution < -0.4 is 5.32 Å². The topological polar surface area (TPSA) is 88.5 Å². The molecular formula is C13H14N2O4. The number of aliphatic hydroxyl groups is 1. The Hall–Kier alpha value is -2.08. The Labute approximate surface area is 109 Å². The van der Waals surface area contributed by atoms with Crippen LogP contribution in [0.5, 0.6) is 0 Å². The van der Waals surface area contributed by atoms with Crippen LogP contribution in [0.4, 0.5) is 0 Å². The maximum Gasteiger partial charge on any atom is 0.273 e. The fourth-order valence-corrected chi connectivity index (χ4v) is 1.82. The Morgan fingerprint density at radius 1 is 1.58 bits per heavy atom. The zero-order chi connectivity index (χ0) is 13.2. The Balaban J connectivity index is 1.55. The number of hydrogen-bond acceptors (Lipinski definition) is 5. The Kier molecular flexibility index (Phi) is 3.08. The van der Waals surface area contributed by atoms with E-state index in [-0.39, 0.29) is 18.1 Å². The van der Waals surface area contributed by atoms with Crippen molar-refractivity contribution in [3.63, 3.8) is 0 Å². The Morgan fingerprint density at radius 2 is 2.42 bits per heavy atom. The molecule has 0 spiro atoms. The molecule has 19 heavy (non-hydrogen) atoms. The Morgan fingerprint density at radius 3 is 3.11 bits per heavy atom. The number of carbonyl (C=O) groups excluding carboxylic acids is 1. The highest BCUT2D eigenvalue weighted by molar-refractivity contribution is 5.92. The highest BCUT2D eigenvalue weighted by atomic mass is 16.5. The number of nitrogens with zero attached hydrogens (tertiary/aromatic N) is 1. The summed E-state index contributed by atoms with van der Waals surface area (Å²) in [5.74, 6) is 0.837. The second-order valence-electron chi connectivity index (χ2n) is 4.67. The summed E-state index contributed by atoms with van der Waals surface area (Å²) in [6, 6.07) is 3.31. The van der Waals surface area contributed by atoms with Crippen molar-refractivity contribution in [3.8, 4) is 0 Å². The van der Waals surface area contributed by atoms with Crippen LogP contribution in [0.25, 0.3) is 0 Å². The molecular weight excluding hydrogens is 248 g/mol. The average Bonchev–Trinajstić information content (AvgIpc) is 2.96. The van der Waals surface area contributed by atoms with E-state index in [4.69, 9.17) is 8.94 Å². The lowest BCUT2D eigenvalue weighted by atomic mass is 10.2. The van der Waals surface area contributed by atoms with Crippen molar-refractivity contribution in [3.05, 3.63) is 41.7 Å². The van der Waals surface area contributed by atoms with Crippen LogP contribution in [0, 0.1) is 0 Å². The third-order valence-corrected chi connectivity index (χ3v) is 3.12. The largest absolute Gasteiger partial charge is 0.472 e. The van der Waals surface area contributed by atoms with Gasteiger partial charge in [-0.05, 0) is 18.9 Å². The molecule has 0 saturated heterocycles. The molecule has 1 atom stereocenters.